The summed E-state index contributed by atoms with van der Waals surface area (Å²) in [5.41, 5.74) is 3.24. The van der Waals surface area contributed by atoms with Gasteiger partial charge in [-0.1, -0.05) is 18.5 Å². The molecule has 0 aliphatic carbocycles. The van der Waals surface area contributed by atoms with Crippen molar-refractivity contribution in [2.75, 3.05) is 6.54 Å². The summed E-state index contributed by atoms with van der Waals surface area (Å²) >= 11 is 6.14. The SMILES string of the molecule is CCCNCc1nc2ccc(Cl)c(C)c2n1C. The maximum atomic E-state index is 6.14. The standard InChI is InChI=1S/C13H18ClN3/c1-4-7-15-8-12-16-11-6-5-10(14)9(2)13(11)17(12)3/h5-6,15H,4,7-8H2,1-3H3. The lowest BCUT2D eigenvalue weighted by molar-refractivity contribution is 0.634. The summed E-state index contributed by atoms with van der Waals surface area (Å²) in [5, 5.41) is 4.17. The summed E-state index contributed by atoms with van der Waals surface area (Å²) in [4.78, 5) is 4.63. The molecule has 0 aliphatic heterocycles. The van der Waals surface area contributed by atoms with Crippen LogP contribution in [0.2, 0.25) is 5.02 Å². The van der Waals surface area contributed by atoms with Gasteiger partial charge in [-0.3, -0.25) is 0 Å². The molecule has 3 nitrogen and oxygen atoms in total. The van der Waals surface area contributed by atoms with E-state index in [9.17, 15) is 0 Å². The third kappa shape index (κ3) is 2.31. The summed E-state index contributed by atoms with van der Waals surface area (Å²) in [6.45, 7) is 6.01. The molecule has 0 spiro atoms. The molecule has 1 aromatic carbocycles. The summed E-state index contributed by atoms with van der Waals surface area (Å²) in [7, 11) is 2.04. The second kappa shape index (κ2) is 5.07. The second-order valence-corrected chi connectivity index (χ2v) is 4.71. The van der Waals surface area contributed by atoms with Gasteiger partial charge in [0.05, 0.1) is 17.6 Å². The maximum Gasteiger partial charge on any atom is 0.123 e. The zero-order valence-corrected chi connectivity index (χ0v) is 11.3. The number of nitrogens with one attached hydrogen (secondary N) is 1. The van der Waals surface area contributed by atoms with E-state index in [4.69, 9.17) is 11.6 Å². The number of nitrogens with zero attached hydrogens (tertiary/aromatic N) is 2. The maximum absolute atomic E-state index is 6.14. The van der Waals surface area contributed by atoms with E-state index in [0.717, 1.165) is 47.0 Å². The molecule has 0 amide bonds. The Hall–Kier alpha value is -1.06. The summed E-state index contributed by atoms with van der Waals surface area (Å²) in [6.07, 6.45) is 1.13. The van der Waals surface area contributed by atoms with Gasteiger partial charge in [0, 0.05) is 12.1 Å². The molecule has 1 N–H and O–H groups in total. The Kier molecular flexibility index (Phi) is 3.69. The van der Waals surface area contributed by atoms with E-state index in [0.29, 0.717) is 0 Å². The van der Waals surface area contributed by atoms with Gasteiger partial charge in [0.25, 0.3) is 0 Å². The van der Waals surface area contributed by atoms with Crippen LogP contribution in [0, 0.1) is 6.92 Å². The van der Waals surface area contributed by atoms with Crippen LogP contribution in [0.25, 0.3) is 11.0 Å². The fraction of sp³-hybridized carbons (Fsp3) is 0.462. The number of benzene rings is 1. The largest absolute Gasteiger partial charge is 0.330 e. The van der Waals surface area contributed by atoms with Crippen LogP contribution in [0.15, 0.2) is 12.1 Å². The first kappa shape index (κ1) is 12.4. The Bertz CT molecular complexity index is 531. The number of aryl methyl sites for hydroxylation is 2. The highest BCUT2D eigenvalue weighted by Gasteiger charge is 2.11. The molecular formula is C13H18ClN3. The van der Waals surface area contributed by atoms with Gasteiger partial charge in [-0.05, 0) is 37.6 Å². The first-order valence-corrected chi connectivity index (χ1v) is 6.34. The molecule has 0 atom stereocenters. The first-order valence-electron chi connectivity index (χ1n) is 5.96. The van der Waals surface area contributed by atoms with Crippen molar-refractivity contribution in [3.63, 3.8) is 0 Å². The Morgan fingerprint density at radius 1 is 1.41 bits per heavy atom. The molecule has 0 bridgehead atoms. The van der Waals surface area contributed by atoms with Gasteiger partial charge in [0.15, 0.2) is 0 Å². The highest BCUT2D eigenvalue weighted by molar-refractivity contribution is 6.32. The zero-order chi connectivity index (χ0) is 12.4. The van der Waals surface area contributed by atoms with Crippen LogP contribution in [-0.2, 0) is 13.6 Å². The van der Waals surface area contributed by atoms with Crippen molar-refractivity contribution in [3.05, 3.63) is 28.5 Å². The first-order chi connectivity index (χ1) is 8.15. The van der Waals surface area contributed by atoms with Gasteiger partial charge in [-0.2, -0.15) is 0 Å². The molecule has 0 fully saturated rings. The molecule has 17 heavy (non-hydrogen) atoms. The molecule has 1 heterocycles. The van der Waals surface area contributed by atoms with Crippen molar-refractivity contribution in [1.29, 1.82) is 0 Å². The highest BCUT2D eigenvalue weighted by atomic mass is 35.5. The van der Waals surface area contributed by atoms with Crippen molar-refractivity contribution in [2.24, 2.45) is 7.05 Å². The van der Waals surface area contributed by atoms with E-state index in [1.807, 2.05) is 26.1 Å². The van der Waals surface area contributed by atoms with E-state index >= 15 is 0 Å². The van der Waals surface area contributed by atoms with Crippen LogP contribution in [-0.4, -0.2) is 16.1 Å². The summed E-state index contributed by atoms with van der Waals surface area (Å²) in [5.74, 6) is 1.05. The van der Waals surface area contributed by atoms with Gasteiger partial charge >= 0.3 is 0 Å². The number of fused-ring (bicyclic) bond motifs is 1. The number of hydrogen-bond acceptors (Lipinski definition) is 2. The third-order valence-corrected chi connectivity index (χ3v) is 3.44. The number of aromatic nitrogens is 2. The molecular weight excluding hydrogens is 234 g/mol. The predicted molar refractivity (Wildman–Crippen MR) is 72.5 cm³/mol. The van der Waals surface area contributed by atoms with Crippen molar-refractivity contribution in [3.8, 4) is 0 Å². The van der Waals surface area contributed by atoms with Crippen LogP contribution in [0.4, 0.5) is 0 Å². The average molecular weight is 252 g/mol. The van der Waals surface area contributed by atoms with Crippen molar-refractivity contribution in [2.45, 2.75) is 26.8 Å². The quantitative estimate of drug-likeness (QED) is 0.847. The van der Waals surface area contributed by atoms with Crippen LogP contribution in [0.1, 0.15) is 24.7 Å². The van der Waals surface area contributed by atoms with Gasteiger partial charge in [0.1, 0.15) is 5.82 Å². The summed E-state index contributed by atoms with van der Waals surface area (Å²) in [6, 6.07) is 3.89. The molecule has 1 aromatic heterocycles. The zero-order valence-electron chi connectivity index (χ0n) is 10.5. The van der Waals surface area contributed by atoms with Crippen molar-refractivity contribution in [1.82, 2.24) is 14.9 Å². The summed E-state index contributed by atoms with van der Waals surface area (Å²) < 4.78 is 2.12. The Morgan fingerprint density at radius 2 is 2.18 bits per heavy atom. The van der Waals surface area contributed by atoms with Crippen molar-refractivity contribution >= 4 is 22.6 Å². The Morgan fingerprint density at radius 3 is 2.88 bits per heavy atom. The second-order valence-electron chi connectivity index (χ2n) is 4.30. The molecule has 0 aliphatic rings. The van der Waals surface area contributed by atoms with Crippen LogP contribution >= 0.6 is 11.6 Å². The molecule has 0 saturated heterocycles. The van der Waals surface area contributed by atoms with Gasteiger partial charge in [0.2, 0.25) is 0 Å². The van der Waals surface area contributed by atoms with Crippen LogP contribution in [0.3, 0.4) is 0 Å². The molecule has 0 saturated carbocycles. The minimum Gasteiger partial charge on any atom is -0.330 e. The average Bonchev–Trinajstić information content (AvgIpc) is 2.63. The molecule has 0 radical (unpaired) electrons. The lowest BCUT2D eigenvalue weighted by Gasteiger charge is -2.05. The highest BCUT2D eigenvalue weighted by Crippen LogP contribution is 2.25. The van der Waals surface area contributed by atoms with Gasteiger partial charge in [-0.25, -0.2) is 4.98 Å². The van der Waals surface area contributed by atoms with Crippen molar-refractivity contribution < 1.29 is 0 Å². The topological polar surface area (TPSA) is 29.9 Å². The predicted octanol–water partition coefficient (Wildman–Crippen LogP) is 3.03. The third-order valence-electron chi connectivity index (χ3n) is 3.03. The molecule has 92 valence electrons. The number of halogens is 1. The van der Waals surface area contributed by atoms with Gasteiger partial charge in [-0.15, -0.1) is 0 Å². The van der Waals surface area contributed by atoms with Gasteiger partial charge < -0.3 is 9.88 Å². The normalized spacial score (nSPS) is 11.3. The number of hydrogen-bond donors (Lipinski definition) is 1. The number of imidazole rings is 1. The van der Waals surface area contributed by atoms with Crippen LogP contribution < -0.4 is 5.32 Å². The van der Waals surface area contributed by atoms with E-state index in [-0.39, 0.29) is 0 Å². The van der Waals surface area contributed by atoms with Crippen LogP contribution in [0.5, 0.6) is 0 Å². The Balaban J connectivity index is 2.39. The number of rotatable bonds is 4. The minimum atomic E-state index is 0.800. The molecule has 4 heteroatoms. The molecule has 0 unspecified atom stereocenters. The lowest BCUT2D eigenvalue weighted by atomic mass is 10.2. The van der Waals surface area contributed by atoms with E-state index < -0.39 is 0 Å². The smallest absolute Gasteiger partial charge is 0.123 e. The Labute approximate surface area is 107 Å². The van der Waals surface area contributed by atoms with E-state index in [1.165, 1.54) is 0 Å². The van der Waals surface area contributed by atoms with E-state index in [2.05, 4.69) is 21.8 Å². The minimum absolute atomic E-state index is 0.800. The fourth-order valence-corrected chi connectivity index (χ4v) is 2.21. The van der Waals surface area contributed by atoms with E-state index in [1.54, 1.807) is 0 Å². The monoisotopic (exact) mass is 251 g/mol. The lowest BCUT2D eigenvalue weighted by Crippen LogP contribution is -2.16. The molecule has 2 rings (SSSR count). The molecule has 2 aromatic rings. The fourth-order valence-electron chi connectivity index (χ4n) is 2.05.